The number of hydrogen-bond acceptors (Lipinski definition) is 2. The van der Waals surface area contributed by atoms with Gasteiger partial charge in [-0.05, 0) is 43.4 Å². The lowest BCUT2D eigenvalue weighted by molar-refractivity contribution is -0.140. The van der Waals surface area contributed by atoms with Crippen molar-refractivity contribution < 1.29 is 14.0 Å². The third kappa shape index (κ3) is 6.70. The number of carbonyl (C=O) groups excluding carboxylic acids is 2. The third-order valence-corrected chi connectivity index (χ3v) is 5.17. The highest BCUT2D eigenvalue weighted by atomic mass is 19.1. The van der Waals surface area contributed by atoms with E-state index in [1.165, 1.54) is 6.07 Å². The minimum absolute atomic E-state index is 0.0363. The van der Waals surface area contributed by atoms with Gasteiger partial charge >= 0.3 is 0 Å². The molecule has 0 aliphatic rings. The van der Waals surface area contributed by atoms with E-state index in [1.54, 1.807) is 23.1 Å². The van der Waals surface area contributed by atoms with Crippen LogP contribution < -0.4 is 5.32 Å². The van der Waals surface area contributed by atoms with E-state index in [1.807, 2.05) is 51.1 Å². The molecule has 0 saturated carbocycles. The number of rotatable bonds is 10. The molecule has 4 nitrogen and oxygen atoms in total. The summed E-state index contributed by atoms with van der Waals surface area (Å²) in [6.07, 6.45) is 1.89. The first kappa shape index (κ1) is 22.6. The first-order chi connectivity index (χ1) is 14.0. The smallest absolute Gasteiger partial charge is 0.243 e. The van der Waals surface area contributed by atoms with Crippen molar-refractivity contribution >= 4 is 11.8 Å². The van der Waals surface area contributed by atoms with Crippen molar-refractivity contribution in [2.75, 3.05) is 6.54 Å². The second-order valence-corrected chi connectivity index (χ2v) is 7.33. The van der Waals surface area contributed by atoms with Gasteiger partial charge < -0.3 is 10.2 Å². The number of nitrogens with zero attached hydrogens (tertiary/aromatic N) is 1. The molecular formula is C24H31FN2O2. The second-order valence-electron chi connectivity index (χ2n) is 7.33. The van der Waals surface area contributed by atoms with Crippen LogP contribution in [0.1, 0.15) is 44.7 Å². The van der Waals surface area contributed by atoms with Gasteiger partial charge in [-0.25, -0.2) is 4.39 Å². The summed E-state index contributed by atoms with van der Waals surface area (Å²) in [7, 11) is 0. The molecule has 2 aromatic carbocycles. The molecule has 0 aromatic heterocycles. The SMILES string of the molecule is CC[C@@H](C)NC(=O)[C@@H](CC)N(CCc1ccccc1)C(=O)Cc1ccccc1F. The van der Waals surface area contributed by atoms with Crippen LogP contribution >= 0.6 is 0 Å². The molecule has 0 saturated heterocycles. The third-order valence-electron chi connectivity index (χ3n) is 5.17. The van der Waals surface area contributed by atoms with E-state index in [-0.39, 0.29) is 24.3 Å². The van der Waals surface area contributed by atoms with Gasteiger partial charge in [0.2, 0.25) is 11.8 Å². The molecule has 0 radical (unpaired) electrons. The Labute approximate surface area is 173 Å². The lowest BCUT2D eigenvalue weighted by Gasteiger charge is -2.31. The molecule has 0 aliphatic carbocycles. The number of nitrogens with one attached hydrogen (secondary N) is 1. The molecule has 2 atom stereocenters. The second kappa shape index (κ2) is 11.3. The van der Waals surface area contributed by atoms with Gasteiger partial charge in [-0.2, -0.15) is 0 Å². The standard InChI is InChI=1S/C24H31FN2O2/c1-4-18(3)26-24(29)22(5-2)27(16-15-19-11-7-6-8-12-19)23(28)17-20-13-9-10-14-21(20)25/h6-14,18,22H,4-5,15-17H2,1-3H3,(H,26,29)/t18-,22-/m1/s1. The number of amides is 2. The van der Waals surface area contributed by atoms with Gasteiger partial charge in [-0.3, -0.25) is 9.59 Å². The van der Waals surface area contributed by atoms with E-state index in [4.69, 9.17) is 0 Å². The van der Waals surface area contributed by atoms with Gasteiger partial charge in [0.25, 0.3) is 0 Å². The number of carbonyl (C=O) groups is 2. The zero-order chi connectivity index (χ0) is 21.2. The van der Waals surface area contributed by atoms with Crippen LogP contribution in [0.3, 0.4) is 0 Å². The summed E-state index contributed by atoms with van der Waals surface area (Å²) in [5.41, 5.74) is 1.44. The van der Waals surface area contributed by atoms with E-state index in [9.17, 15) is 14.0 Å². The molecule has 1 N–H and O–H groups in total. The Kier molecular flexibility index (Phi) is 8.84. The van der Waals surface area contributed by atoms with Crippen molar-refractivity contribution in [2.45, 2.75) is 58.5 Å². The van der Waals surface area contributed by atoms with Gasteiger partial charge in [0, 0.05) is 12.6 Å². The highest BCUT2D eigenvalue weighted by molar-refractivity contribution is 5.88. The molecule has 156 valence electrons. The molecule has 0 aliphatic heterocycles. The quantitative estimate of drug-likeness (QED) is 0.654. The molecule has 29 heavy (non-hydrogen) atoms. The zero-order valence-electron chi connectivity index (χ0n) is 17.5. The van der Waals surface area contributed by atoms with Crippen molar-refractivity contribution in [3.63, 3.8) is 0 Å². The Balaban J connectivity index is 2.21. The summed E-state index contributed by atoms with van der Waals surface area (Å²) in [4.78, 5) is 27.6. The van der Waals surface area contributed by atoms with E-state index in [0.717, 1.165) is 12.0 Å². The van der Waals surface area contributed by atoms with Crippen LogP contribution in [0.2, 0.25) is 0 Å². The van der Waals surface area contributed by atoms with Gasteiger partial charge in [0.1, 0.15) is 11.9 Å². The molecule has 0 spiro atoms. The van der Waals surface area contributed by atoms with E-state index >= 15 is 0 Å². The molecule has 2 aromatic rings. The molecule has 2 amide bonds. The Morgan fingerprint density at radius 2 is 1.66 bits per heavy atom. The summed E-state index contributed by atoms with van der Waals surface area (Å²) in [5.74, 6) is -0.796. The van der Waals surface area contributed by atoms with Crippen molar-refractivity contribution in [2.24, 2.45) is 0 Å². The molecule has 0 bridgehead atoms. The van der Waals surface area contributed by atoms with Crippen LogP contribution in [0, 0.1) is 5.82 Å². The highest BCUT2D eigenvalue weighted by Crippen LogP contribution is 2.14. The van der Waals surface area contributed by atoms with Crippen molar-refractivity contribution in [1.29, 1.82) is 0 Å². The highest BCUT2D eigenvalue weighted by Gasteiger charge is 2.29. The van der Waals surface area contributed by atoms with Crippen LogP contribution in [0.15, 0.2) is 54.6 Å². The predicted octanol–water partition coefficient (Wildman–Crippen LogP) is 4.13. The summed E-state index contributed by atoms with van der Waals surface area (Å²) in [6.45, 7) is 6.25. The van der Waals surface area contributed by atoms with Crippen LogP contribution in [-0.2, 0) is 22.4 Å². The molecule has 5 heteroatoms. The number of hydrogen-bond donors (Lipinski definition) is 1. The van der Waals surface area contributed by atoms with Gasteiger partial charge in [-0.1, -0.05) is 62.4 Å². The monoisotopic (exact) mass is 398 g/mol. The van der Waals surface area contributed by atoms with Crippen LogP contribution in [0.25, 0.3) is 0 Å². The van der Waals surface area contributed by atoms with Gasteiger partial charge in [0.15, 0.2) is 0 Å². The molecule has 2 rings (SSSR count). The molecule has 0 unspecified atom stereocenters. The van der Waals surface area contributed by atoms with Crippen LogP contribution in [0.4, 0.5) is 4.39 Å². The maximum Gasteiger partial charge on any atom is 0.243 e. The predicted molar refractivity (Wildman–Crippen MR) is 114 cm³/mol. The maximum atomic E-state index is 14.1. The zero-order valence-corrected chi connectivity index (χ0v) is 17.5. The lowest BCUT2D eigenvalue weighted by Crippen LogP contribution is -2.52. The topological polar surface area (TPSA) is 49.4 Å². The average Bonchev–Trinajstić information content (AvgIpc) is 2.73. The summed E-state index contributed by atoms with van der Waals surface area (Å²) < 4.78 is 14.1. The number of benzene rings is 2. The summed E-state index contributed by atoms with van der Waals surface area (Å²) >= 11 is 0. The van der Waals surface area contributed by atoms with Crippen LogP contribution in [-0.4, -0.2) is 35.3 Å². The van der Waals surface area contributed by atoms with E-state index in [2.05, 4.69) is 5.32 Å². The van der Waals surface area contributed by atoms with Crippen molar-refractivity contribution in [3.8, 4) is 0 Å². The average molecular weight is 399 g/mol. The van der Waals surface area contributed by atoms with E-state index < -0.39 is 11.9 Å². The van der Waals surface area contributed by atoms with Crippen molar-refractivity contribution in [1.82, 2.24) is 10.2 Å². The minimum Gasteiger partial charge on any atom is -0.352 e. The summed E-state index contributed by atoms with van der Waals surface area (Å²) in [5, 5.41) is 2.98. The largest absolute Gasteiger partial charge is 0.352 e. The Morgan fingerprint density at radius 1 is 1.00 bits per heavy atom. The molecule has 0 fully saturated rings. The Bertz CT molecular complexity index is 794. The maximum absolute atomic E-state index is 14.1. The summed E-state index contributed by atoms with van der Waals surface area (Å²) in [6, 6.07) is 15.6. The number of halogens is 1. The van der Waals surface area contributed by atoms with E-state index in [0.29, 0.717) is 24.9 Å². The lowest BCUT2D eigenvalue weighted by atomic mass is 10.1. The minimum atomic E-state index is -0.577. The first-order valence-electron chi connectivity index (χ1n) is 10.3. The fourth-order valence-corrected chi connectivity index (χ4v) is 3.24. The van der Waals surface area contributed by atoms with Crippen molar-refractivity contribution in [3.05, 3.63) is 71.5 Å². The molecule has 0 heterocycles. The Morgan fingerprint density at radius 3 is 2.28 bits per heavy atom. The van der Waals surface area contributed by atoms with Gasteiger partial charge in [0.05, 0.1) is 6.42 Å². The van der Waals surface area contributed by atoms with Crippen LogP contribution in [0.5, 0.6) is 0 Å². The fourth-order valence-electron chi connectivity index (χ4n) is 3.24. The normalized spacial score (nSPS) is 12.8. The molecular weight excluding hydrogens is 367 g/mol. The fraction of sp³-hybridized carbons (Fsp3) is 0.417. The van der Waals surface area contributed by atoms with Gasteiger partial charge in [-0.15, -0.1) is 0 Å². The Hall–Kier alpha value is -2.69. The first-order valence-corrected chi connectivity index (χ1v) is 10.3.